The molecule has 0 fully saturated rings. The second-order valence-corrected chi connectivity index (χ2v) is 3.96. The molecule has 0 spiro atoms. The van der Waals surface area contributed by atoms with E-state index in [0.717, 1.165) is 11.8 Å². The molecule has 0 saturated heterocycles. The van der Waals surface area contributed by atoms with Crippen molar-refractivity contribution >= 4 is 17.7 Å². The third kappa shape index (κ3) is 4.39. The number of alkyl halides is 2. The van der Waals surface area contributed by atoms with Crippen molar-refractivity contribution in [1.29, 1.82) is 0 Å². The zero-order valence-electron chi connectivity index (χ0n) is 7.22. The fraction of sp³-hybridized carbons (Fsp3) is 0.833. The zero-order valence-corrected chi connectivity index (χ0v) is 8.04. The topological polar surface area (TPSA) is 81.1 Å². The summed E-state index contributed by atoms with van der Waals surface area (Å²) in [6.07, 6.45) is 0. The molecule has 0 bridgehead atoms. The van der Waals surface area contributed by atoms with Crippen molar-refractivity contribution in [2.75, 3.05) is 12.3 Å². The molecule has 0 aromatic rings. The standard InChI is InChI=1S/C6H13F2N3OS/c1-4(2-9)13-3-6(7,8)5(12)11-10/h4H,2-3,9-10H2,1H3,(H,11,12). The summed E-state index contributed by atoms with van der Waals surface area (Å²) < 4.78 is 25.5. The lowest BCUT2D eigenvalue weighted by atomic mass is 10.4. The van der Waals surface area contributed by atoms with Crippen LogP contribution in [-0.4, -0.2) is 29.4 Å². The predicted octanol–water partition coefficient (Wildman–Crippen LogP) is -0.308. The summed E-state index contributed by atoms with van der Waals surface area (Å²) in [6, 6.07) is 0. The van der Waals surface area contributed by atoms with E-state index in [-0.39, 0.29) is 5.25 Å². The van der Waals surface area contributed by atoms with Gasteiger partial charge in [0.2, 0.25) is 0 Å². The third-order valence-corrected chi connectivity index (χ3v) is 2.64. The summed E-state index contributed by atoms with van der Waals surface area (Å²) in [4.78, 5) is 10.5. The number of amides is 1. The maximum Gasteiger partial charge on any atom is 0.334 e. The second kappa shape index (κ2) is 5.36. The summed E-state index contributed by atoms with van der Waals surface area (Å²) in [6.45, 7) is 2.01. The Morgan fingerprint density at radius 3 is 2.62 bits per heavy atom. The quantitative estimate of drug-likeness (QED) is 0.332. The highest BCUT2D eigenvalue weighted by atomic mass is 32.2. The van der Waals surface area contributed by atoms with E-state index in [0.29, 0.717) is 6.54 Å². The lowest BCUT2D eigenvalue weighted by Gasteiger charge is -2.15. The van der Waals surface area contributed by atoms with Gasteiger partial charge in [0.05, 0.1) is 5.75 Å². The highest BCUT2D eigenvalue weighted by Crippen LogP contribution is 2.22. The first-order valence-corrected chi connectivity index (χ1v) is 4.69. The molecule has 0 rings (SSSR count). The summed E-state index contributed by atoms with van der Waals surface area (Å²) in [5, 5.41) is -0.101. The van der Waals surface area contributed by atoms with Gasteiger partial charge in [-0.05, 0) is 0 Å². The van der Waals surface area contributed by atoms with E-state index in [2.05, 4.69) is 5.84 Å². The van der Waals surface area contributed by atoms with E-state index in [9.17, 15) is 13.6 Å². The van der Waals surface area contributed by atoms with Gasteiger partial charge in [-0.15, -0.1) is 0 Å². The van der Waals surface area contributed by atoms with Gasteiger partial charge in [0.25, 0.3) is 0 Å². The molecule has 13 heavy (non-hydrogen) atoms. The normalized spacial score (nSPS) is 13.9. The number of carbonyl (C=O) groups is 1. The van der Waals surface area contributed by atoms with Crippen molar-refractivity contribution in [2.45, 2.75) is 18.1 Å². The highest BCUT2D eigenvalue weighted by Gasteiger charge is 2.38. The number of nitrogens with one attached hydrogen (secondary N) is 1. The predicted molar refractivity (Wildman–Crippen MR) is 48.3 cm³/mol. The number of hydrazine groups is 1. The van der Waals surface area contributed by atoms with E-state index >= 15 is 0 Å². The Kier molecular flexibility index (Phi) is 5.19. The van der Waals surface area contributed by atoms with Crippen LogP contribution < -0.4 is 17.0 Å². The second-order valence-electron chi connectivity index (χ2n) is 2.54. The average Bonchev–Trinajstić information content (AvgIpc) is 2.12. The Morgan fingerprint density at radius 2 is 2.23 bits per heavy atom. The van der Waals surface area contributed by atoms with Crippen molar-refractivity contribution in [2.24, 2.45) is 11.6 Å². The Balaban J connectivity index is 3.95. The molecule has 1 atom stereocenters. The molecular formula is C6H13F2N3OS. The van der Waals surface area contributed by atoms with Gasteiger partial charge < -0.3 is 5.73 Å². The molecule has 0 saturated carbocycles. The number of rotatable bonds is 5. The Labute approximate surface area is 79.4 Å². The van der Waals surface area contributed by atoms with Crippen LogP contribution in [0.1, 0.15) is 6.92 Å². The molecular weight excluding hydrogens is 200 g/mol. The smallest absolute Gasteiger partial charge is 0.329 e. The third-order valence-electron chi connectivity index (χ3n) is 1.34. The minimum absolute atomic E-state index is 0.101. The molecule has 1 amide bonds. The molecule has 0 aromatic carbocycles. The van der Waals surface area contributed by atoms with Gasteiger partial charge in [-0.3, -0.25) is 10.2 Å². The molecule has 7 heteroatoms. The van der Waals surface area contributed by atoms with Crippen LogP contribution in [0, 0.1) is 0 Å². The molecule has 4 nitrogen and oxygen atoms in total. The molecule has 0 heterocycles. The maximum absolute atomic E-state index is 12.8. The number of hydrogen-bond donors (Lipinski definition) is 3. The van der Waals surface area contributed by atoms with Crippen LogP contribution >= 0.6 is 11.8 Å². The van der Waals surface area contributed by atoms with Gasteiger partial charge in [0.1, 0.15) is 0 Å². The first-order chi connectivity index (χ1) is 5.94. The van der Waals surface area contributed by atoms with Gasteiger partial charge in [-0.1, -0.05) is 6.92 Å². The van der Waals surface area contributed by atoms with Gasteiger partial charge in [0, 0.05) is 11.8 Å². The molecule has 0 aromatic heterocycles. The van der Waals surface area contributed by atoms with Crippen molar-refractivity contribution in [3.63, 3.8) is 0 Å². The fourth-order valence-electron chi connectivity index (χ4n) is 0.486. The number of nitrogens with two attached hydrogens (primary N) is 2. The van der Waals surface area contributed by atoms with Crippen molar-refractivity contribution in [3.05, 3.63) is 0 Å². The average molecular weight is 213 g/mol. The van der Waals surface area contributed by atoms with Crippen LogP contribution in [0.25, 0.3) is 0 Å². The lowest BCUT2D eigenvalue weighted by Crippen LogP contribution is -2.45. The van der Waals surface area contributed by atoms with Gasteiger partial charge in [-0.25, -0.2) is 5.84 Å². The van der Waals surface area contributed by atoms with E-state index in [1.807, 2.05) is 0 Å². The summed E-state index contributed by atoms with van der Waals surface area (Å²) in [5.41, 5.74) is 6.63. The molecule has 78 valence electrons. The Morgan fingerprint density at radius 1 is 1.69 bits per heavy atom. The summed E-state index contributed by atoms with van der Waals surface area (Å²) >= 11 is 0.936. The minimum Gasteiger partial charge on any atom is -0.329 e. The summed E-state index contributed by atoms with van der Waals surface area (Å²) in [5.74, 6) is -0.915. The fourth-order valence-corrected chi connectivity index (χ4v) is 1.25. The monoisotopic (exact) mass is 213 g/mol. The van der Waals surface area contributed by atoms with E-state index in [1.165, 1.54) is 5.43 Å². The van der Waals surface area contributed by atoms with Crippen LogP contribution in [0.4, 0.5) is 8.78 Å². The van der Waals surface area contributed by atoms with E-state index < -0.39 is 17.6 Å². The number of thioether (sulfide) groups is 1. The first kappa shape index (κ1) is 12.6. The molecule has 0 radical (unpaired) electrons. The number of halogens is 2. The molecule has 0 aliphatic carbocycles. The zero-order chi connectivity index (χ0) is 10.5. The van der Waals surface area contributed by atoms with Crippen LogP contribution in [0.15, 0.2) is 0 Å². The van der Waals surface area contributed by atoms with Crippen LogP contribution in [0.3, 0.4) is 0 Å². The molecule has 5 N–H and O–H groups in total. The SMILES string of the molecule is CC(CN)SCC(F)(F)C(=O)NN. The van der Waals surface area contributed by atoms with Crippen LogP contribution in [-0.2, 0) is 4.79 Å². The largest absolute Gasteiger partial charge is 0.334 e. The highest BCUT2D eigenvalue weighted by molar-refractivity contribution is 8.00. The first-order valence-electron chi connectivity index (χ1n) is 3.64. The van der Waals surface area contributed by atoms with Gasteiger partial charge in [0.15, 0.2) is 0 Å². The van der Waals surface area contributed by atoms with E-state index in [1.54, 1.807) is 6.92 Å². The number of carbonyl (C=O) groups excluding carboxylic acids is 1. The Bertz CT molecular complexity index is 179. The lowest BCUT2D eigenvalue weighted by molar-refractivity contribution is -0.142. The van der Waals surface area contributed by atoms with Crippen molar-refractivity contribution in [1.82, 2.24) is 5.43 Å². The molecule has 1 unspecified atom stereocenters. The summed E-state index contributed by atoms with van der Waals surface area (Å²) in [7, 11) is 0. The maximum atomic E-state index is 12.8. The van der Waals surface area contributed by atoms with Gasteiger partial charge >= 0.3 is 11.8 Å². The Hall–Kier alpha value is -0.400. The number of hydrogen-bond acceptors (Lipinski definition) is 4. The molecule has 0 aliphatic rings. The van der Waals surface area contributed by atoms with Crippen LogP contribution in [0.5, 0.6) is 0 Å². The van der Waals surface area contributed by atoms with Crippen molar-refractivity contribution in [3.8, 4) is 0 Å². The molecule has 0 aliphatic heterocycles. The minimum atomic E-state index is -3.43. The van der Waals surface area contributed by atoms with E-state index in [4.69, 9.17) is 5.73 Å². The van der Waals surface area contributed by atoms with Crippen LogP contribution in [0.2, 0.25) is 0 Å². The van der Waals surface area contributed by atoms with Gasteiger partial charge in [-0.2, -0.15) is 20.5 Å². The van der Waals surface area contributed by atoms with Crippen molar-refractivity contribution < 1.29 is 13.6 Å².